The zero-order chi connectivity index (χ0) is 48.5. The van der Waals surface area contributed by atoms with E-state index in [2.05, 4.69) is 69.4 Å². The average Bonchev–Trinajstić information content (AvgIpc) is 3.77. The molecule has 0 aliphatic rings. The average molecular weight is 1020 g/mol. The van der Waals surface area contributed by atoms with Gasteiger partial charge in [-0.2, -0.15) is 0 Å². The van der Waals surface area contributed by atoms with E-state index in [1.165, 1.54) is 276 Å². The van der Waals surface area contributed by atoms with Crippen LogP contribution in [0.2, 0.25) is 0 Å². The summed E-state index contributed by atoms with van der Waals surface area (Å²) in [4.78, 5) is 13.2. The van der Waals surface area contributed by atoms with E-state index in [1.54, 1.807) is 0 Å². The number of carbonyl (C=O) groups excluding carboxylic acids is 1. The molecule has 0 saturated carbocycles. The molecule has 0 aromatic carbocycles. The zero-order valence-corrected chi connectivity index (χ0v) is 48.9. The van der Waals surface area contributed by atoms with Gasteiger partial charge in [-0.15, -0.1) is 0 Å². The van der Waals surface area contributed by atoms with Gasteiger partial charge in [0.25, 0.3) is 0 Å². The number of unbranched alkanes of at least 4 members (excludes halogenated alkanes) is 32. The third-order valence-corrected chi connectivity index (χ3v) is 15.4. The van der Waals surface area contributed by atoms with Crippen LogP contribution < -0.4 is 21.5 Å². The lowest BCUT2D eigenvalue weighted by atomic mass is 9.89. The Morgan fingerprint density at radius 2 is 0.838 bits per heavy atom. The molecule has 0 aliphatic heterocycles. The lowest BCUT2D eigenvalue weighted by Crippen LogP contribution is -3.00. The smallest absolute Gasteiger partial charge is 0.306 e. The Bertz CT molecular complexity index is 1100. The van der Waals surface area contributed by atoms with Crippen molar-refractivity contribution in [2.45, 2.75) is 363 Å². The summed E-state index contributed by atoms with van der Waals surface area (Å²) in [5, 5.41) is 0. The Morgan fingerprint density at radius 3 is 1.26 bits per heavy atom. The maximum Gasteiger partial charge on any atom is 0.306 e. The van der Waals surface area contributed by atoms with Crippen molar-refractivity contribution in [1.82, 2.24) is 4.57 Å². The summed E-state index contributed by atoms with van der Waals surface area (Å²) >= 11 is 0. The summed E-state index contributed by atoms with van der Waals surface area (Å²) in [6.45, 7) is 15.9. The van der Waals surface area contributed by atoms with Crippen LogP contribution in [-0.4, -0.2) is 16.6 Å². The monoisotopic (exact) mass is 1020 g/mol. The maximum absolute atomic E-state index is 13.2. The molecular formula is C63H123BrN2O2. The number of esters is 1. The fraction of sp³-hybridized carbons (Fsp3) is 0.937. The fourth-order valence-electron chi connectivity index (χ4n) is 10.6. The van der Waals surface area contributed by atoms with E-state index in [0.717, 1.165) is 44.2 Å². The van der Waals surface area contributed by atoms with Gasteiger partial charge in [0.05, 0.1) is 13.1 Å². The van der Waals surface area contributed by atoms with Gasteiger partial charge in [0.2, 0.25) is 6.33 Å². The van der Waals surface area contributed by atoms with Gasteiger partial charge in [0.15, 0.2) is 0 Å². The quantitative estimate of drug-likeness (QED) is 0.0370. The summed E-state index contributed by atoms with van der Waals surface area (Å²) in [5.74, 6) is 2.39. The highest BCUT2D eigenvalue weighted by molar-refractivity contribution is 5.69. The zero-order valence-electron chi connectivity index (χ0n) is 47.3. The van der Waals surface area contributed by atoms with E-state index in [-0.39, 0.29) is 29.1 Å². The number of halogens is 1. The van der Waals surface area contributed by atoms with Crippen molar-refractivity contribution in [2.24, 2.45) is 17.8 Å². The van der Waals surface area contributed by atoms with Crippen LogP contribution in [0.25, 0.3) is 0 Å². The Kier molecular flexibility index (Phi) is 51.8. The predicted octanol–water partition coefficient (Wildman–Crippen LogP) is 18.0. The number of nitrogens with zero attached hydrogens (tertiary/aromatic N) is 2. The molecule has 2 unspecified atom stereocenters. The Hall–Kier alpha value is -0.840. The first kappa shape index (κ1) is 67.2. The number of aromatic nitrogens is 2. The molecule has 1 aromatic heterocycles. The van der Waals surface area contributed by atoms with Crippen LogP contribution >= 0.6 is 0 Å². The van der Waals surface area contributed by atoms with Gasteiger partial charge in [-0.25, -0.2) is 9.13 Å². The number of ether oxygens (including phenoxy) is 1. The second-order valence-electron chi connectivity index (χ2n) is 22.8. The highest BCUT2D eigenvalue weighted by Crippen LogP contribution is 2.27. The third kappa shape index (κ3) is 46.2. The molecule has 2 atom stereocenters. The van der Waals surface area contributed by atoms with Crippen LogP contribution in [-0.2, 0) is 22.6 Å². The largest absolute Gasteiger partial charge is 1.00 e. The van der Waals surface area contributed by atoms with Crippen LogP contribution in [0, 0.1) is 17.8 Å². The highest BCUT2D eigenvalue weighted by atomic mass is 79.9. The van der Waals surface area contributed by atoms with Gasteiger partial charge in [0, 0.05) is 6.42 Å². The number of rotatable bonds is 54. The number of hydrogen-bond acceptors (Lipinski definition) is 2. The molecule has 5 heteroatoms. The fourth-order valence-corrected chi connectivity index (χ4v) is 10.6. The molecule has 0 amide bonds. The molecule has 68 heavy (non-hydrogen) atoms. The van der Waals surface area contributed by atoms with Crippen LogP contribution in [0.4, 0.5) is 0 Å². The first-order valence-electron chi connectivity index (χ1n) is 31.1. The van der Waals surface area contributed by atoms with Crippen LogP contribution in [0.1, 0.15) is 343 Å². The van der Waals surface area contributed by atoms with Gasteiger partial charge in [0.1, 0.15) is 18.5 Å². The Labute approximate surface area is 438 Å². The van der Waals surface area contributed by atoms with Crippen molar-refractivity contribution in [1.29, 1.82) is 0 Å². The maximum atomic E-state index is 13.2. The summed E-state index contributed by atoms with van der Waals surface area (Å²) in [7, 11) is 0. The van der Waals surface area contributed by atoms with E-state index in [1.807, 2.05) is 0 Å². The Balaban J connectivity index is 0.0000449. The first-order chi connectivity index (χ1) is 32.9. The molecule has 0 aliphatic carbocycles. The van der Waals surface area contributed by atoms with Crippen molar-refractivity contribution >= 4 is 5.97 Å². The molecule has 0 bridgehead atoms. The summed E-state index contributed by atoms with van der Waals surface area (Å²) in [5.41, 5.74) is 0. The van der Waals surface area contributed by atoms with E-state index >= 15 is 0 Å². The van der Waals surface area contributed by atoms with Crippen LogP contribution in [0.3, 0.4) is 0 Å². The first-order valence-corrected chi connectivity index (χ1v) is 31.1. The molecular weight excluding hydrogens is 897 g/mol. The number of imidazole rings is 1. The lowest BCUT2D eigenvalue weighted by Gasteiger charge is -2.21. The molecule has 0 saturated heterocycles. The van der Waals surface area contributed by atoms with Gasteiger partial charge < -0.3 is 21.7 Å². The summed E-state index contributed by atoms with van der Waals surface area (Å²) in [6.07, 6.45) is 70.6. The van der Waals surface area contributed by atoms with E-state index in [0.29, 0.717) is 12.3 Å². The third-order valence-electron chi connectivity index (χ3n) is 15.4. The van der Waals surface area contributed by atoms with Gasteiger partial charge in [-0.05, 0) is 56.3 Å². The van der Waals surface area contributed by atoms with Crippen LogP contribution in [0.15, 0.2) is 18.7 Å². The topological polar surface area (TPSA) is 35.1 Å². The SMILES string of the molecule is CCCCCCCCCCCCCCCCCCC(CCCCCCCCCCCCCCCCCC)CCCCC(CCC(C)CCCC(C)C)OC(=O)CCC[n+]1ccn(CCCC)c1.[Br-]. The lowest BCUT2D eigenvalue weighted by molar-refractivity contribution is -0.696. The second-order valence-corrected chi connectivity index (χ2v) is 22.8. The number of aryl methyl sites for hydroxylation is 2. The molecule has 1 rings (SSSR count). The predicted molar refractivity (Wildman–Crippen MR) is 296 cm³/mol. The number of carbonyl (C=O) groups is 1. The van der Waals surface area contributed by atoms with E-state index < -0.39 is 0 Å². The minimum absolute atomic E-state index is 0. The minimum atomic E-state index is 0. The number of hydrogen-bond donors (Lipinski definition) is 0. The minimum Gasteiger partial charge on any atom is -1.00 e. The van der Waals surface area contributed by atoms with Crippen molar-refractivity contribution in [3.63, 3.8) is 0 Å². The normalized spacial score (nSPS) is 12.6. The molecule has 404 valence electrons. The molecule has 0 spiro atoms. The molecule has 0 fully saturated rings. The van der Waals surface area contributed by atoms with Gasteiger partial charge in [-0.1, -0.05) is 298 Å². The van der Waals surface area contributed by atoms with Crippen molar-refractivity contribution in [3.8, 4) is 0 Å². The highest BCUT2D eigenvalue weighted by Gasteiger charge is 2.18. The van der Waals surface area contributed by atoms with Crippen molar-refractivity contribution in [2.75, 3.05) is 0 Å². The van der Waals surface area contributed by atoms with Crippen LogP contribution in [0.5, 0.6) is 0 Å². The standard InChI is InChI=1S/C63H123N2O2.BrH/c1-7-10-13-15-17-19-21-23-25-27-29-31-33-35-37-39-47-61(48-40-38-36-34-32-30-28-26-24-22-20-18-16-14-11-8-2)49-41-42-50-62(53-52-60(6)46-43-45-59(4)5)67-63(66)51-44-55-65-57-56-64(58-65)54-12-9-3;/h56-62H,7-55H2,1-6H3;1H/q+1;/p-1. The second kappa shape index (κ2) is 52.5. The molecule has 1 heterocycles. The van der Waals surface area contributed by atoms with Crippen molar-refractivity contribution < 1.29 is 31.1 Å². The van der Waals surface area contributed by atoms with Gasteiger partial charge >= 0.3 is 5.97 Å². The molecule has 1 aromatic rings. The Morgan fingerprint density at radius 1 is 0.441 bits per heavy atom. The summed E-state index contributed by atoms with van der Waals surface area (Å²) in [6, 6.07) is 0. The van der Waals surface area contributed by atoms with E-state index in [4.69, 9.17) is 4.74 Å². The summed E-state index contributed by atoms with van der Waals surface area (Å²) < 4.78 is 10.8. The molecule has 0 N–H and O–H groups in total. The van der Waals surface area contributed by atoms with Gasteiger partial charge in [-0.3, -0.25) is 4.79 Å². The van der Waals surface area contributed by atoms with E-state index in [9.17, 15) is 4.79 Å². The molecule has 4 nitrogen and oxygen atoms in total. The molecule has 0 radical (unpaired) electrons. The van der Waals surface area contributed by atoms with Crippen molar-refractivity contribution in [3.05, 3.63) is 18.7 Å².